The van der Waals surface area contributed by atoms with Crippen LogP contribution in [-0.2, 0) is 0 Å². The molecule has 0 unspecified atom stereocenters. The van der Waals surface area contributed by atoms with Gasteiger partial charge in [-0.2, -0.15) is 0 Å². The van der Waals surface area contributed by atoms with Gasteiger partial charge in [-0.15, -0.1) is 6.08 Å². The zero-order valence-corrected chi connectivity index (χ0v) is 16.4. The molecule has 1 aromatic rings. The molecule has 0 bridgehead atoms. The summed E-state index contributed by atoms with van der Waals surface area (Å²) in [4.78, 5) is 14.4. The number of hydrogen-bond donors (Lipinski definition) is 0. The predicted molar refractivity (Wildman–Crippen MR) is 87.5 cm³/mol. The Kier molecular flexibility index (Phi) is 15.2. The van der Waals surface area contributed by atoms with Gasteiger partial charge >= 0.3 is 51.4 Å². The van der Waals surface area contributed by atoms with Crippen LogP contribution in [0.1, 0.15) is 28.4 Å². The largest absolute Gasteiger partial charge is 1.00 e. The Bertz CT molecular complexity index is 652. The van der Waals surface area contributed by atoms with Crippen LogP contribution in [0.15, 0.2) is 42.6 Å². The van der Waals surface area contributed by atoms with Gasteiger partial charge in [-0.05, 0) is 13.8 Å². The summed E-state index contributed by atoms with van der Waals surface area (Å²) in [6, 6.07) is 5.43. The molecule has 0 heterocycles. The first kappa shape index (κ1) is 22.9. The predicted octanol–water partition coefficient (Wildman–Crippen LogP) is 1.20. The van der Waals surface area contributed by atoms with E-state index in [1.165, 1.54) is 19.2 Å². The first-order valence-electron chi connectivity index (χ1n) is 6.16. The number of rotatable bonds is 2. The van der Waals surface area contributed by atoms with Crippen molar-refractivity contribution in [3.8, 4) is 18.4 Å². The van der Waals surface area contributed by atoms with E-state index in [1.54, 1.807) is 24.3 Å². The Hall–Kier alpha value is -1.33. The Morgan fingerprint density at radius 3 is 2.64 bits per heavy atom. The van der Waals surface area contributed by atoms with E-state index < -0.39 is 0 Å². The average molecular weight is 314 g/mol. The molecule has 22 heavy (non-hydrogen) atoms. The minimum Gasteiger partial charge on any atom is -0.296 e. The molecule has 0 saturated heterocycles. The number of Topliss-reactive ketones (excluding diaryl/α,β-unsaturated/α-hetero) is 1. The fraction of sp³-hybridized carbons (Fsp3) is 0.105. The summed E-state index contributed by atoms with van der Waals surface area (Å²) in [6.45, 7) is 16.6. The number of carbonyl (C=O) groups excluding carboxylic acids is 1. The number of hydrogen-bond acceptors (Lipinski definition) is 1. The van der Waals surface area contributed by atoms with Gasteiger partial charge in [0.2, 0.25) is 6.20 Å². The van der Waals surface area contributed by atoms with E-state index in [9.17, 15) is 4.79 Å². The first-order chi connectivity index (χ1) is 10.1. The van der Waals surface area contributed by atoms with Gasteiger partial charge in [-0.3, -0.25) is 23.2 Å². The molecule has 0 fully saturated rings. The summed E-state index contributed by atoms with van der Waals surface area (Å²) in [5.74, 6) is 5.58. The van der Waals surface area contributed by atoms with Crippen LogP contribution < -0.4 is 51.4 Å². The van der Waals surface area contributed by atoms with Crippen molar-refractivity contribution >= 4 is 5.78 Å². The number of carbonyl (C=O) groups is 1. The van der Waals surface area contributed by atoms with Gasteiger partial charge in [-0.1, -0.05) is 34.2 Å². The van der Waals surface area contributed by atoms with Crippen molar-refractivity contribution in [2.24, 2.45) is 0 Å². The number of nitrogens with zero attached hydrogens (tertiary/aromatic N) is 1. The second kappa shape index (κ2) is 14.6. The van der Waals surface area contributed by atoms with Crippen LogP contribution in [0.4, 0.5) is 0 Å². The van der Waals surface area contributed by atoms with Gasteiger partial charge in [-0.25, -0.2) is 25.2 Å². The van der Waals surface area contributed by atoms with Crippen LogP contribution in [0.3, 0.4) is 0 Å². The van der Waals surface area contributed by atoms with Gasteiger partial charge in [0, 0.05) is 5.56 Å². The molecule has 0 aliphatic carbocycles. The standard InChI is InChI=1S/C14H11NO.C5H6.K/c1-11-7-8-14(12(2)16)10-13(11)6-4-5-9-15-3;1-3-5-4-2;/h3,7-10H,1-2H3;1,3-5H,2H2;/q;-2;+1/b;5-4-;. The molecule has 106 valence electrons. The third-order valence-electron chi connectivity index (χ3n) is 2.30. The molecule has 0 aliphatic rings. The van der Waals surface area contributed by atoms with Crippen molar-refractivity contribution in [3.05, 3.63) is 83.7 Å². The Morgan fingerprint density at radius 2 is 2.18 bits per heavy atom. The van der Waals surface area contributed by atoms with Gasteiger partial charge in [0.15, 0.2) is 5.78 Å². The molecule has 0 amide bonds. The van der Waals surface area contributed by atoms with Crippen molar-refractivity contribution in [3.63, 3.8) is 0 Å². The van der Waals surface area contributed by atoms with E-state index in [2.05, 4.69) is 29.7 Å². The van der Waals surface area contributed by atoms with Crippen molar-refractivity contribution in [1.82, 2.24) is 0 Å². The van der Waals surface area contributed by atoms with Crippen molar-refractivity contribution in [2.75, 3.05) is 0 Å². The minimum absolute atomic E-state index is 0. The molecule has 0 saturated carbocycles. The first-order valence-corrected chi connectivity index (χ1v) is 6.16. The Labute approximate surface area is 176 Å². The maximum Gasteiger partial charge on any atom is 1.00 e. The van der Waals surface area contributed by atoms with E-state index >= 15 is 0 Å². The van der Waals surface area contributed by atoms with Crippen molar-refractivity contribution < 1.29 is 56.2 Å². The molecule has 0 aromatic heterocycles. The molecular formula is C19H17KNO-. The zero-order chi connectivity index (χ0) is 16.1. The maximum atomic E-state index is 11.2. The van der Waals surface area contributed by atoms with Gasteiger partial charge < -0.3 is 0 Å². The molecule has 1 aromatic carbocycles. The van der Waals surface area contributed by atoms with Crippen LogP contribution in [-0.4, -0.2) is 5.78 Å². The summed E-state index contributed by atoms with van der Waals surface area (Å²) in [5, 5.41) is 0. The molecule has 3 heteroatoms. The summed E-state index contributed by atoms with van der Waals surface area (Å²) in [5.41, 5.74) is 2.48. The average Bonchev–Trinajstić information content (AvgIpc) is 2.46. The molecule has 0 spiro atoms. The van der Waals surface area contributed by atoms with Crippen molar-refractivity contribution in [2.45, 2.75) is 13.8 Å². The monoisotopic (exact) mass is 314 g/mol. The van der Waals surface area contributed by atoms with E-state index in [0.29, 0.717) is 5.56 Å². The molecular weight excluding hydrogens is 297 g/mol. The molecule has 0 radical (unpaired) electrons. The van der Waals surface area contributed by atoms with Gasteiger partial charge in [0.1, 0.15) is 0 Å². The quantitative estimate of drug-likeness (QED) is 0.264. The Balaban J connectivity index is 0. The molecule has 0 atom stereocenters. The second-order valence-corrected chi connectivity index (χ2v) is 3.88. The van der Waals surface area contributed by atoms with Crippen LogP contribution in [0.5, 0.6) is 0 Å². The minimum atomic E-state index is 0. The number of ketones is 1. The van der Waals surface area contributed by atoms with Gasteiger partial charge in [0.25, 0.3) is 6.57 Å². The van der Waals surface area contributed by atoms with Crippen LogP contribution in [0, 0.1) is 44.9 Å². The van der Waals surface area contributed by atoms with Crippen LogP contribution in [0.25, 0.3) is 4.85 Å². The number of benzene rings is 1. The van der Waals surface area contributed by atoms with Crippen molar-refractivity contribution in [1.29, 1.82) is 0 Å². The summed E-state index contributed by atoms with van der Waals surface area (Å²) < 4.78 is 0. The topological polar surface area (TPSA) is 21.4 Å². The van der Waals surface area contributed by atoms with E-state index in [0.717, 1.165) is 11.1 Å². The maximum absolute atomic E-state index is 11.2. The van der Waals surface area contributed by atoms with E-state index in [1.807, 2.05) is 13.0 Å². The Morgan fingerprint density at radius 1 is 1.50 bits per heavy atom. The van der Waals surface area contributed by atoms with Crippen LogP contribution >= 0.6 is 0 Å². The third kappa shape index (κ3) is 10.4. The van der Waals surface area contributed by atoms with Gasteiger partial charge in [0.05, 0.1) is 0 Å². The fourth-order valence-corrected chi connectivity index (χ4v) is 1.23. The molecule has 0 N–H and O–H groups in total. The smallest absolute Gasteiger partial charge is 0.296 e. The third-order valence-corrected chi connectivity index (χ3v) is 2.30. The zero-order valence-electron chi connectivity index (χ0n) is 13.3. The normalized spacial score (nSPS) is 8.77. The molecule has 1 rings (SSSR count). The van der Waals surface area contributed by atoms with Crippen LogP contribution in [0.2, 0.25) is 0 Å². The summed E-state index contributed by atoms with van der Waals surface area (Å²) >= 11 is 0. The fourth-order valence-electron chi connectivity index (χ4n) is 1.23. The van der Waals surface area contributed by atoms with E-state index in [-0.39, 0.29) is 57.2 Å². The number of aryl methyl sites for hydroxylation is 1. The SMILES string of the molecule is C#[N+]C=[C-]C#Cc1cc(C(C)=O)ccc1C.[CH-]=C/C=C\[CH2-].[K+]. The molecule has 0 aliphatic heterocycles. The second-order valence-electron chi connectivity index (χ2n) is 3.88. The molecule has 2 nitrogen and oxygen atoms in total. The summed E-state index contributed by atoms with van der Waals surface area (Å²) in [7, 11) is 0. The number of allylic oxidation sites excluding steroid dienone is 4. The summed E-state index contributed by atoms with van der Waals surface area (Å²) in [6.07, 6.45) is 8.61. The van der Waals surface area contributed by atoms with E-state index in [4.69, 9.17) is 13.2 Å².